The Morgan fingerprint density at radius 3 is 2.45 bits per heavy atom. The Labute approximate surface area is 185 Å². The van der Waals surface area contributed by atoms with Crippen LogP contribution in [-0.2, 0) is 22.5 Å². The molecule has 1 spiro atoms. The molecule has 174 valence electrons. The molecule has 4 atom stereocenters. The van der Waals surface area contributed by atoms with Gasteiger partial charge in [0.2, 0.25) is 0 Å². The van der Waals surface area contributed by atoms with Crippen molar-refractivity contribution in [2.24, 2.45) is 5.41 Å². The number of hydrogen-bond acceptors (Lipinski definition) is 4. The van der Waals surface area contributed by atoms with Crippen molar-refractivity contribution in [2.45, 2.75) is 88.4 Å². The van der Waals surface area contributed by atoms with E-state index in [-0.39, 0.29) is 28.3 Å². The molecular weight excluding hydrogens is 427 g/mol. The standard InChI is InChI=1S/C23H32F3NO3S/c1-21(2,3)31(28)27-19-18-13-17(30-12-11-23(24,25)26)6-5-15(18)14-22(20(19)27)9-7-16(29-4)8-10-22/h5-6,13,16,19-20H,7-12,14H2,1-4H3/t16-,19?,20?,22-,27?,31?. The van der Waals surface area contributed by atoms with E-state index in [1.54, 1.807) is 13.2 Å². The van der Waals surface area contributed by atoms with Crippen molar-refractivity contribution in [3.05, 3.63) is 29.3 Å². The van der Waals surface area contributed by atoms with Crippen LogP contribution in [0.25, 0.3) is 0 Å². The highest BCUT2D eigenvalue weighted by Gasteiger charge is 2.70. The van der Waals surface area contributed by atoms with Crippen LogP contribution in [0.15, 0.2) is 18.2 Å². The van der Waals surface area contributed by atoms with Gasteiger partial charge in [0.25, 0.3) is 0 Å². The van der Waals surface area contributed by atoms with Crippen molar-refractivity contribution in [1.82, 2.24) is 4.31 Å². The molecule has 1 aliphatic heterocycles. The number of benzene rings is 1. The van der Waals surface area contributed by atoms with Crippen LogP contribution >= 0.6 is 0 Å². The molecule has 8 heteroatoms. The van der Waals surface area contributed by atoms with Crippen LogP contribution in [0.3, 0.4) is 0 Å². The molecule has 0 radical (unpaired) electrons. The maximum atomic E-state index is 13.4. The quantitative estimate of drug-likeness (QED) is 0.441. The zero-order valence-corrected chi connectivity index (χ0v) is 19.4. The van der Waals surface area contributed by atoms with Gasteiger partial charge in [-0.05, 0) is 81.5 Å². The molecule has 0 N–H and O–H groups in total. The molecule has 31 heavy (non-hydrogen) atoms. The minimum atomic E-state index is -4.23. The number of ether oxygens (including phenoxy) is 2. The van der Waals surface area contributed by atoms with Crippen molar-refractivity contribution in [1.29, 1.82) is 0 Å². The van der Waals surface area contributed by atoms with Gasteiger partial charge in [-0.1, -0.05) is 6.07 Å². The van der Waals surface area contributed by atoms with E-state index in [4.69, 9.17) is 9.47 Å². The molecule has 2 fully saturated rings. The van der Waals surface area contributed by atoms with Crippen molar-refractivity contribution < 1.29 is 27.2 Å². The van der Waals surface area contributed by atoms with Crippen LogP contribution < -0.4 is 4.74 Å². The Morgan fingerprint density at radius 2 is 1.87 bits per heavy atom. The monoisotopic (exact) mass is 459 g/mol. The van der Waals surface area contributed by atoms with E-state index in [1.165, 1.54) is 5.56 Å². The molecule has 4 unspecified atom stereocenters. The van der Waals surface area contributed by atoms with Crippen LogP contribution in [0.1, 0.15) is 70.0 Å². The van der Waals surface area contributed by atoms with Gasteiger partial charge >= 0.3 is 6.18 Å². The number of methoxy groups -OCH3 is 1. The van der Waals surface area contributed by atoms with Gasteiger partial charge in [0.1, 0.15) is 16.5 Å². The third-order valence-electron chi connectivity index (χ3n) is 6.99. The summed E-state index contributed by atoms with van der Waals surface area (Å²) in [5, 5.41) is 0. The van der Waals surface area contributed by atoms with Crippen LogP contribution in [0.5, 0.6) is 5.75 Å². The first-order valence-electron chi connectivity index (χ1n) is 11.0. The molecule has 1 heterocycles. The van der Waals surface area contributed by atoms with E-state index < -0.39 is 30.6 Å². The zero-order valence-electron chi connectivity index (χ0n) is 18.6. The van der Waals surface area contributed by atoms with Gasteiger partial charge in [-0.2, -0.15) is 13.2 Å². The fraction of sp³-hybridized carbons (Fsp3) is 0.739. The van der Waals surface area contributed by atoms with Crippen molar-refractivity contribution >= 4 is 11.4 Å². The Kier molecular flexibility index (Phi) is 6.08. The summed E-state index contributed by atoms with van der Waals surface area (Å²) in [5.41, 5.74) is 2.34. The van der Waals surface area contributed by atoms with Gasteiger partial charge in [0, 0.05) is 18.5 Å². The van der Waals surface area contributed by atoms with E-state index in [9.17, 15) is 17.7 Å². The lowest BCUT2D eigenvalue weighted by Gasteiger charge is -2.42. The summed E-state index contributed by atoms with van der Waals surface area (Å²) >= 11 is -1.15. The Balaban J connectivity index is 1.60. The summed E-state index contributed by atoms with van der Waals surface area (Å²) < 4.78 is 63.6. The highest BCUT2D eigenvalue weighted by Crippen LogP contribution is 2.65. The van der Waals surface area contributed by atoms with Crippen molar-refractivity contribution in [3.63, 3.8) is 0 Å². The number of rotatable bonds is 5. The predicted molar refractivity (Wildman–Crippen MR) is 114 cm³/mol. The third kappa shape index (κ3) is 4.59. The van der Waals surface area contributed by atoms with Gasteiger partial charge in [0.05, 0.1) is 25.2 Å². The van der Waals surface area contributed by atoms with E-state index in [2.05, 4.69) is 4.31 Å². The summed E-state index contributed by atoms with van der Waals surface area (Å²) in [4.78, 5) is 0. The number of halogens is 3. The van der Waals surface area contributed by atoms with Gasteiger partial charge in [0.15, 0.2) is 0 Å². The second-order valence-corrected chi connectivity index (χ2v) is 12.3. The predicted octanol–water partition coefficient (Wildman–Crippen LogP) is 5.34. The maximum absolute atomic E-state index is 13.4. The molecule has 4 nitrogen and oxygen atoms in total. The lowest BCUT2D eigenvalue weighted by Crippen LogP contribution is -2.42. The van der Waals surface area contributed by atoms with Crippen LogP contribution in [0, 0.1) is 5.41 Å². The minimum absolute atomic E-state index is 0.0362. The van der Waals surface area contributed by atoms with E-state index >= 15 is 0 Å². The summed E-state index contributed by atoms with van der Waals surface area (Å²) in [6.45, 7) is 5.56. The molecule has 2 aliphatic carbocycles. The first kappa shape index (κ1) is 23.2. The number of nitrogens with zero attached hydrogens (tertiary/aromatic N) is 1. The van der Waals surface area contributed by atoms with E-state index in [0.29, 0.717) is 5.75 Å². The number of fused-ring (bicyclic) bond motifs is 4. The topological polar surface area (TPSA) is 44.5 Å². The smallest absolute Gasteiger partial charge is 0.392 e. The maximum Gasteiger partial charge on any atom is 0.392 e. The average Bonchev–Trinajstić information content (AvgIpc) is 3.44. The minimum Gasteiger partial charge on any atom is -0.597 e. The average molecular weight is 460 g/mol. The van der Waals surface area contributed by atoms with Crippen LogP contribution in [0.2, 0.25) is 0 Å². The molecule has 0 amide bonds. The largest absolute Gasteiger partial charge is 0.597 e. The summed E-state index contributed by atoms with van der Waals surface area (Å²) in [6.07, 6.45) is 0.0643. The molecule has 1 saturated heterocycles. The normalized spacial score (nSPS) is 33.5. The van der Waals surface area contributed by atoms with E-state index in [0.717, 1.165) is 37.7 Å². The fourth-order valence-electron chi connectivity index (χ4n) is 5.39. The molecule has 0 bridgehead atoms. The van der Waals surface area contributed by atoms with Crippen molar-refractivity contribution in [2.75, 3.05) is 13.7 Å². The van der Waals surface area contributed by atoms with Gasteiger partial charge in [-0.3, -0.25) is 0 Å². The second kappa shape index (κ2) is 8.12. The Morgan fingerprint density at radius 1 is 1.19 bits per heavy atom. The molecular formula is C23H32F3NO3S. The molecule has 1 aromatic carbocycles. The second-order valence-electron chi connectivity index (χ2n) is 10.2. The number of hydrogen-bond donors (Lipinski definition) is 0. The molecule has 1 saturated carbocycles. The van der Waals surface area contributed by atoms with Gasteiger partial charge in [-0.25, -0.2) is 0 Å². The van der Waals surface area contributed by atoms with E-state index in [1.807, 2.05) is 32.9 Å². The summed E-state index contributed by atoms with van der Waals surface area (Å²) in [7, 11) is 1.76. The molecule has 4 rings (SSSR count). The highest BCUT2D eigenvalue weighted by atomic mass is 32.2. The first-order valence-corrected chi connectivity index (χ1v) is 12.1. The Hall–Kier alpha value is -0.960. The first-order chi connectivity index (χ1) is 14.5. The summed E-state index contributed by atoms with van der Waals surface area (Å²) in [6, 6.07) is 5.88. The van der Waals surface area contributed by atoms with Gasteiger partial charge in [-0.15, -0.1) is 4.31 Å². The Bertz CT molecular complexity index is 802. The highest BCUT2D eigenvalue weighted by molar-refractivity contribution is 7.90. The fourth-order valence-corrected chi connectivity index (χ4v) is 6.95. The van der Waals surface area contributed by atoms with Crippen LogP contribution in [0.4, 0.5) is 13.2 Å². The zero-order chi connectivity index (χ0) is 22.6. The SMILES string of the molecule is CO[C@H]1CC[C@]2(CC1)Cc1ccc(OCCC(F)(F)F)cc1C1C2N1[S+]([O-])C(C)(C)C. The lowest BCUT2D eigenvalue weighted by molar-refractivity contribution is -0.139. The lowest BCUT2D eigenvalue weighted by atomic mass is 9.63. The third-order valence-corrected chi connectivity index (χ3v) is 8.88. The van der Waals surface area contributed by atoms with Gasteiger partial charge < -0.3 is 14.0 Å². The summed E-state index contributed by atoms with van der Waals surface area (Å²) in [5.74, 6) is 0.453. The van der Waals surface area contributed by atoms with Crippen molar-refractivity contribution in [3.8, 4) is 5.75 Å². The molecule has 1 aromatic rings. The van der Waals surface area contributed by atoms with Crippen LogP contribution in [-0.4, -0.2) is 45.6 Å². The molecule has 0 aromatic heterocycles. The molecule has 3 aliphatic rings. The number of alkyl halides is 3.